The van der Waals surface area contributed by atoms with Crippen molar-refractivity contribution >= 4 is 27.4 Å². The van der Waals surface area contributed by atoms with Gasteiger partial charge in [0.2, 0.25) is 0 Å². The SMILES string of the molecule is O=C(O)[C@H]1CC[C@](F)(C(=O)N2CCC3(S(=O)(=O)c4ccc(F)cc4)c4ccc(C(F)(C(F)(F)F)C(F)(F)F)cc4NCC23)CC1. The summed E-state index contributed by atoms with van der Waals surface area (Å²) in [5.74, 6) is -4.04. The van der Waals surface area contributed by atoms with Crippen molar-refractivity contribution in [2.75, 3.05) is 18.4 Å². The highest BCUT2D eigenvalue weighted by Gasteiger charge is 2.74. The molecule has 3 aliphatic rings. The number of amides is 1. The molecule has 2 aromatic carbocycles. The molecule has 246 valence electrons. The Morgan fingerprint density at radius 1 is 0.911 bits per heavy atom. The molecule has 7 nitrogen and oxygen atoms in total. The van der Waals surface area contributed by atoms with Crippen LogP contribution in [0.1, 0.15) is 43.2 Å². The van der Waals surface area contributed by atoms with Gasteiger partial charge in [-0.15, -0.1) is 0 Å². The van der Waals surface area contributed by atoms with Gasteiger partial charge >= 0.3 is 24.0 Å². The normalized spacial score (nSPS) is 27.4. The molecule has 0 radical (unpaired) electrons. The van der Waals surface area contributed by atoms with E-state index in [9.17, 15) is 58.2 Å². The molecule has 0 bridgehead atoms. The first-order chi connectivity index (χ1) is 20.7. The van der Waals surface area contributed by atoms with Crippen LogP contribution in [-0.4, -0.2) is 67.5 Å². The standard InChI is InChI=1S/C28H25F9N2O5S/c29-17-2-4-18(5-3-17)45(43,44)25-11-12-39(23(42)24(30)9-7-15(8-10-24)22(40)41)21(25)14-38-20-13-16(1-6-19(20)25)26(31,27(32,33)34)28(35,36)37/h1-6,13,15,21,38H,7-12,14H2,(H,40,41)/t15-,21?,24+,25?. The summed E-state index contributed by atoms with van der Waals surface area (Å²) < 4.78 is 152. The number of carboxylic acids is 1. The number of hydrogen-bond donors (Lipinski definition) is 2. The van der Waals surface area contributed by atoms with Crippen LogP contribution in [0.3, 0.4) is 0 Å². The first-order valence-electron chi connectivity index (χ1n) is 13.6. The highest BCUT2D eigenvalue weighted by Crippen LogP contribution is 2.57. The van der Waals surface area contributed by atoms with E-state index in [0.29, 0.717) is 6.07 Å². The second-order valence-electron chi connectivity index (χ2n) is 11.5. The van der Waals surface area contributed by atoms with E-state index in [1.54, 1.807) is 0 Å². The first-order valence-corrected chi connectivity index (χ1v) is 15.1. The molecule has 1 saturated carbocycles. The van der Waals surface area contributed by atoms with E-state index < -0.39 is 122 Å². The Labute approximate surface area is 250 Å². The van der Waals surface area contributed by atoms with Crippen LogP contribution in [0.25, 0.3) is 0 Å². The molecule has 45 heavy (non-hydrogen) atoms. The van der Waals surface area contributed by atoms with E-state index in [2.05, 4.69) is 5.32 Å². The lowest BCUT2D eigenvalue weighted by atomic mass is 9.78. The highest BCUT2D eigenvalue weighted by atomic mass is 32.2. The van der Waals surface area contributed by atoms with Gasteiger partial charge in [0.15, 0.2) is 15.5 Å². The van der Waals surface area contributed by atoms with Crippen molar-refractivity contribution in [3.05, 3.63) is 59.4 Å². The number of aliphatic carboxylic acids is 1. The predicted molar refractivity (Wildman–Crippen MR) is 139 cm³/mol. The van der Waals surface area contributed by atoms with Gasteiger partial charge < -0.3 is 15.3 Å². The minimum Gasteiger partial charge on any atom is -0.481 e. The van der Waals surface area contributed by atoms with Gasteiger partial charge in [0.25, 0.3) is 5.91 Å². The van der Waals surface area contributed by atoms with Crippen LogP contribution in [0, 0.1) is 11.7 Å². The number of nitrogens with zero attached hydrogens (tertiary/aromatic N) is 1. The molecule has 2 aromatic rings. The number of nitrogens with one attached hydrogen (secondary N) is 1. The van der Waals surface area contributed by atoms with Crippen molar-refractivity contribution in [1.82, 2.24) is 4.90 Å². The van der Waals surface area contributed by atoms with Crippen LogP contribution in [0.15, 0.2) is 47.4 Å². The van der Waals surface area contributed by atoms with Gasteiger partial charge in [0.05, 0.1) is 16.9 Å². The number of alkyl halides is 8. The Morgan fingerprint density at radius 2 is 1.49 bits per heavy atom. The van der Waals surface area contributed by atoms with E-state index in [1.165, 1.54) is 0 Å². The summed E-state index contributed by atoms with van der Waals surface area (Å²) in [5, 5.41) is 11.8. The molecular formula is C28H25F9N2O5S. The third kappa shape index (κ3) is 4.83. The number of likely N-dealkylation sites (tertiary alicyclic amines) is 1. The van der Waals surface area contributed by atoms with Gasteiger partial charge in [-0.3, -0.25) is 9.59 Å². The van der Waals surface area contributed by atoms with Crippen LogP contribution in [0.2, 0.25) is 0 Å². The van der Waals surface area contributed by atoms with Crippen LogP contribution in [0.4, 0.5) is 45.2 Å². The van der Waals surface area contributed by atoms with Crippen molar-refractivity contribution in [3.8, 4) is 0 Å². The quantitative estimate of drug-likeness (QED) is 0.308. The Balaban J connectivity index is 1.64. The zero-order valence-corrected chi connectivity index (χ0v) is 23.8. The Hall–Kier alpha value is -3.50. The molecule has 2 atom stereocenters. The third-order valence-electron chi connectivity index (χ3n) is 9.15. The van der Waals surface area contributed by atoms with E-state index in [0.717, 1.165) is 29.2 Å². The van der Waals surface area contributed by atoms with Crippen LogP contribution < -0.4 is 5.32 Å². The van der Waals surface area contributed by atoms with Gasteiger partial charge in [-0.05, 0) is 68.0 Å². The fourth-order valence-corrected chi connectivity index (χ4v) is 9.05. The van der Waals surface area contributed by atoms with E-state index >= 15 is 4.39 Å². The van der Waals surface area contributed by atoms with Gasteiger partial charge in [-0.1, -0.05) is 12.1 Å². The number of carbonyl (C=O) groups is 2. The van der Waals surface area contributed by atoms with Crippen molar-refractivity contribution in [2.45, 2.75) is 71.5 Å². The second-order valence-corrected chi connectivity index (χ2v) is 13.7. The molecular weight excluding hydrogens is 647 g/mol. The van der Waals surface area contributed by atoms with Crippen LogP contribution in [-0.2, 0) is 29.8 Å². The fourth-order valence-electron chi connectivity index (χ4n) is 6.74. The molecule has 5 rings (SSSR count). The predicted octanol–water partition coefficient (Wildman–Crippen LogP) is 5.79. The molecule has 0 spiro atoms. The first kappa shape index (κ1) is 32.9. The maximum Gasteiger partial charge on any atom is 0.435 e. The highest BCUT2D eigenvalue weighted by molar-refractivity contribution is 7.92. The maximum atomic E-state index is 16.1. The topological polar surface area (TPSA) is 104 Å². The number of sulfone groups is 1. The zero-order chi connectivity index (χ0) is 33.4. The number of anilines is 1. The number of carboxylic acid groups (broad SMARTS) is 1. The minimum absolute atomic E-state index is 0.167. The lowest BCUT2D eigenvalue weighted by Crippen LogP contribution is -2.59. The lowest BCUT2D eigenvalue weighted by Gasteiger charge is -2.44. The average Bonchev–Trinajstić information content (AvgIpc) is 3.37. The number of benzene rings is 2. The summed E-state index contributed by atoms with van der Waals surface area (Å²) in [6.07, 6.45) is -14.7. The zero-order valence-electron chi connectivity index (χ0n) is 23.0. The van der Waals surface area contributed by atoms with E-state index in [1.807, 2.05) is 0 Å². The molecule has 2 fully saturated rings. The van der Waals surface area contributed by atoms with Crippen molar-refractivity contribution < 1.29 is 62.6 Å². The molecule has 2 unspecified atom stereocenters. The molecule has 1 saturated heterocycles. The number of rotatable bonds is 5. The van der Waals surface area contributed by atoms with Crippen LogP contribution in [0.5, 0.6) is 0 Å². The van der Waals surface area contributed by atoms with Gasteiger partial charge in [-0.2, -0.15) is 26.3 Å². The molecule has 2 aliphatic heterocycles. The van der Waals surface area contributed by atoms with Gasteiger partial charge in [0.1, 0.15) is 10.6 Å². The summed E-state index contributed by atoms with van der Waals surface area (Å²) in [6.45, 7) is -1.02. The summed E-state index contributed by atoms with van der Waals surface area (Å²) in [5.41, 5.74) is -11.2. The summed E-state index contributed by atoms with van der Waals surface area (Å²) in [4.78, 5) is 25.4. The molecule has 1 amide bonds. The summed E-state index contributed by atoms with van der Waals surface area (Å²) >= 11 is 0. The lowest BCUT2D eigenvalue weighted by molar-refractivity contribution is -0.348. The van der Waals surface area contributed by atoms with Crippen molar-refractivity contribution in [2.24, 2.45) is 5.92 Å². The maximum absolute atomic E-state index is 16.1. The van der Waals surface area contributed by atoms with Gasteiger partial charge in [-0.25, -0.2) is 21.6 Å². The molecule has 17 heteroatoms. The van der Waals surface area contributed by atoms with Crippen molar-refractivity contribution in [1.29, 1.82) is 0 Å². The van der Waals surface area contributed by atoms with Crippen LogP contribution >= 0.6 is 0 Å². The van der Waals surface area contributed by atoms with Gasteiger partial charge in [0, 0.05) is 24.3 Å². The number of hydrogen-bond acceptors (Lipinski definition) is 5. The molecule has 2 heterocycles. The summed E-state index contributed by atoms with van der Waals surface area (Å²) in [7, 11) is -4.77. The second kappa shape index (κ2) is 10.5. The molecule has 0 aromatic heterocycles. The largest absolute Gasteiger partial charge is 0.481 e. The average molecular weight is 673 g/mol. The molecule has 1 aliphatic carbocycles. The third-order valence-corrected chi connectivity index (χ3v) is 11.7. The van der Waals surface area contributed by atoms with E-state index in [4.69, 9.17) is 0 Å². The van der Waals surface area contributed by atoms with E-state index in [-0.39, 0.29) is 25.0 Å². The monoisotopic (exact) mass is 672 g/mol. The summed E-state index contributed by atoms with van der Waals surface area (Å²) in [6, 6.07) is 2.91. The number of halogens is 9. The Morgan fingerprint density at radius 3 is 2.02 bits per heavy atom. The Kier molecular flexibility index (Phi) is 7.69. The number of fused-ring (bicyclic) bond motifs is 3. The minimum atomic E-state index is -6.44. The number of carbonyl (C=O) groups excluding carboxylic acids is 1. The smallest absolute Gasteiger partial charge is 0.435 e. The Bertz CT molecular complexity index is 1610. The van der Waals surface area contributed by atoms with Crippen molar-refractivity contribution in [3.63, 3.8) is 0 Å². The fraction of sp³-hybridized carbons (Fsp3) is 0.500. The molecule has 2 N–H and O–H groups in total.